The van der Waals surface area contributed by atoms with E-state index < -0.39 is 34.1 Å². The van der Waals surface area contributed by atoms with Crippen LogP contribution < -0.4 is 5.32 Å². The maximum Gasteiger partial charge on any atom is 0.410 e. The minimum Gasteiger partial charge on any atom is -0.450 e. The second-order valence-corrected chi connectivity index (χ2v) is 8.08. The minimum absolute atomic E-state index is 0.166. The van der Waals surface area contributed by atoms with Gasteiger partial charge in [-0.15, -0.1) is 0 Å². The molecule has 0 bridgehead atoms. The molecule has 2 atom stereocenters. The Balaban J connectivity index is 2.26. The highest BCUT2D eigenvalue weighted by atomic mass is 32.2. The number of nitrogens with zero attached hydrogens (tertiary/aromatic N) is 1. The van der Waals surface area contributed by atoms with Gasteiger partial charge in [0.2, 0.25) is 0 Å². The van der Waals surface area contributed by atoms with Crippen LogP contribution in [-0.2, 0) is 25.9 Å². The molecule has 0 aliphatic carbocycles. The number of alkyl carbamates (subject to hydrolysis) is 1. The Morgan fingerprint density at radius 3 is 2.38 bits per heavy atom. The van der Waals surface area contributed by atoms with Gasteiger partial charge in [0.25, 0.3) is 0 Å². The molecule has 1 aromatic rings. The van der Waals surface area contributed by atoms with E-state index in [4.69, 9.17) is 9.47 Å². The maximum atomic E-state index is 12.5. The zero-order chi connectivity index (χ0) is 19.2. The molecule has 1 heterocycles. The van der Waals surface area contributed by atoms with Crippen LogP contribution in [0.25, 0.3) is 0 Å². The number of hydrogen-bond acceptors (Lipinski definition) is 6. The predicted molar refractivity (Wildman–Crippen MR) is 95.4 cm³/mol. The van der Waals surface area contributed by atoms with Crippen LogP contribution in [0.4, 0.5) is 9.59 Å². The number of sulfone groups is 1. The fourth-order valence-corrected chi connectivity index (χ4v) is 4.82. The Kier molecular flexibility index (Phi) is 6.84. The van der Waals surface area contributed by atoms with Crippen molar-refractivity contribution in [1.82, 2.24) is 10.2 Å². The van der Waals surface area contributed by atoms with Gasteiger partial charge in [0, 0.05) is 6.54 Å². The molecule has 0 saturated carbocycles. The largest absolute Gasteiger partial charge is 0.450 e. The van der Waals surface area contributed by atoms with E-state index in [-0.39, 0.29) is 31.3 Å². The third kappa shape index (κ3) is 5.35. The second-order valence-electron chi connectivity index (χ2n) is 5.93. The Bertz CT molecular complexity index is 722. The highest BCUT2D eigenvalue weighted by Gasteiger charge is 2.44. The highest BCUT2D eigenvalue weighted by Crippen LogP contribution is 2.22. The van der Waals surface area contributed by atoms with E-state index in [0.29, 0.717) is 0 Å². The van der Waals surface area contributed by atoms with Crippen LogP contribution in [0.15, 0.2) is 30.3 Å². The zero-order valence-electron chi connectivity index (χ0n) is 14.9. The summed E-state index contributed by atoms with van der Waals surface area (Å²) < 4.78 is 34.3. The standard InChI is InChI=1S/C17H24N2O6S/c1-3-24-16(20)18-14-11-26(22,23)12-15(14)19(17(21)25-4-2)10-13-8-6-5-7-9-13/h5-9,14-15H,3-4,10-12H2,1-2H3,(H,18,20). The van der Waals surface area contributed by atoms with E-state index in [2.05, 4.69) is 5.32 Å². The molecule has 0 radical (unpaired) electrons. The molecule has 0 aromatic heterocycles. The molecule has 1 aliphatic heterocycles. The molecule has 0 spiro atoms. The molecule has 2 unspecified atom stereocenters. The fourth-order valence-electron chi connectivity index (χ4n) is 2.90. The van der Waals surface area contributed by atoms with E-state index >= 15 is 0 Å². The van der Waals surface area contributed by atoms with Gasteiger partial charge in [-0.1, -0.05) is 30.3 Å². The molecular formula is C17H24N2O6S. The molecule has 2 amide bonds. The monoisotopic (exact) mass is 384 g/mol. The first-order valence-corrected chi connectivity index (χ1v) is 10.3. The summed E-state index contributed by atoms with van der Waals surface area (Å²) in [5, 5.41) is 2.56. The van der Waals surface area contributed by atoms with Gasteiger partial charge in [-0.05, 0) is 19.4 Å². The molecule has 9 heteroatoms. The average molecular weight is 384 g/mol. The van der Waals surface area contributed by atoms with Crippen molar-refractivity contribution in [2.75, 3.05) is 24.7 Å². The van der Waals surface area contributed by atoms with Gasteiger partial charge in [0.1, 0.15) is 0 Å². The van der Waals surface area contributed by atoms with Gasteiger partial charge in [0.05, 0.1) is 36.8 Å². The molecule has 1 aromatic carbocycles. The summed E-state index contributed by atoms with van der Waals surface area (Å²) in [6.45, 7) is 3.85. The number of carbonyl (C=O) groups is 2. The van der Waals surface area contributed by atoms with Crippen molar-refractivity contribution >= 4 is 22.0 Å². The van der Waals surface area contributed by atoms with Gasteiger partial charge < -0.3 is 14.8 Å². The fraction of sp³-hybridized carbons (Fsp3) is 0.529. The summed E-state index contributed by atoms with van der Waals surface area (Å²) in [4.78, 5) is 25.6. The van der Waals surface area contributed by atoms with Gasteiger partial charge in [-0.2, -0.15) is 0 Å². The zero-order valence-corrected chi connectivity index (χ0v) is 15.7. The Morgan fingerprint density at radius 2 is 1.77 bits per heavy atom. The Morgan fingerprint density at radius 1 is 1.12 bits per heavy atom. The van der Waals surface area contributed by atoms with Gasteiger partial charge in [-0.25, -0.2) is 18.0 Å². The van der Waals surface area contributed by atoms with Crippen molar-refractivity contribution < 1.29 is 27.5 Å². The lowest BCUT2D eigenvalue weighted by atomic mass is 10.1. The third-order valence-electron chi connectivity index (χ3n) is 4.00. The summed E-state index contributed by atoms with van der Waals surface area (Å²) in [5.41, 5.74) is 0.833. The summed E-state index contributed by atoms with van der Waals surface area (Å²) in [6, 6.07) is 7.70. The number of benzene rings is 1. The number of carbonyl (C=O) groups excluding carboxylic acids is 2. The van der Waals surface area contributed by atoms with Crippen LogP contribution in [0.2, 0.25) is 0 Å². The van der Waals surface area contributed by atoms with Crippen LogP contribution in [0.5, 0.6) is 0 Å². The van der Waals surface area contributed by atoms with Gasteiger partial charge in [0.15, 0.2) is 9.84 Å². The van der Waals surface area contributed by atoms with E-state index in [9.17, 15) is 18.0 Å². The lowest BCUT2D eigenvalue weighted by molar-refractivity contribution is 0.0830. The minimum atomic E-state index is -3.41. The van der Waals surface area contributed by atoms with Gasteiger partial charge in [-0.3, -0.25) is 4.90 Å². The summed E-state index contributed by atoms with van der Waals surface area (Å²) in [5.74, 6) is -0.489. The van der Waals surface area contributed by atoms with Crippen LogP contribution in [0, 0.1) is 0 Å². The Hall–Kier alpha value is -2.29. The average Bonchev–Trinajstić information content (AvgIpc) is 2.88. The first-order valence-electron chi connectivity index (χ1n) is 8.47. The molecule has 1 N–H and O–H groups in total. The molecule has 1 fully saturated rings. The molecule has 26 heavy (non-hydrogen) atoms. The predicted octanol–water partition coefficient (Wildman–Crippen LogP) is 1.56. The van der Waals surface area contributed by atoms with Crippen molar-refractivity contribution in [2.24, 2.45) is 0 Å². The number of amides is 2. The van der Waals surface area contributed by atoms with Crippen LogP contribution >= 0.6 is 0 Å². The van der Waals surface area contributed by atoms with E-state index in [1.807, 2.05) is 30.3 Å². The maximum absolute atomic E-state index is 12.5. The second kappa shape index (κ2) is 8.88. The lowest BCUT2D eigenvalue weighted by Crippen LogP contribution is -2.53. The SMILES string of the molecule is CCOC(=O)NC1CS(=O)(=O)CC1N(Cc1ccccc1)C(=O)OCC. The van der Waals surface area contributed by atoms with Crippen molar-refractivity contribution in [3.05, 3.63) is 35.9 Å². The number of nitrogens with one attached hydrogen (secondary N) is 1. The summed E-state index contributed by atoms with van der Waals surface area (Å²) in [7, 11) is -3.41. The van der Waals surface area contributed by atoms with Crippen LogP contribution in [0.1, 0.15) is 19.4 Å². The number of hydrogen-bond donors (Lipinski definition) is 1. The van der Waals surface area contributed by atoms with E-state index in [1.165, 1.54) is 4.90 Å². The molecule has 1 saturated heterocycles. The molecule has 1 aliphatic rings. The highest BCUT2D eigenvalue weighted by molar-refractivity contribution is 7.91. The molecule has 8 nitrogen and oxygen atoms in total. The lowest BCUT2D eigenvalue weighted by Gasteiger charge is -2.31. The normalized spacial score (nSPS) is 21.0. The number of ether oxygens (including phenoxy) is 2. The quantitative estimate of drug-likeness (QED) is 0.798. The van der Waals surface area contributed by atoms with Crippen molar-refractivity contribution in [1.29, 1.82) is 0 Å². The molecular weight excluding hydrogens is 360 g/mol. The van der Waals surface area contributed by atoms with Crippen molar-refractivity contribution in [3.8, 4) is 0 Å². The Labute approximate surface area is 153 Å². The van der Waals surface area contributed by atoms with Crippen LogP contribution in [0.3, 0.4) is 0 Å². The van der Waals surface area contributed by atoms with Crippen molar-refractivity contribution in [2.45, 2.75) is 32.5 Å². The summed E-state index contributed by atoms with van der Waals surface area (Å²) in [6.07, 6.45) is -1.32. The van der Waals surface area contributed by atoms with E-state index in [0.717, 1.165) is 5.56 Å². The molecule has 2 rings (SSSR count). The number of rotatable bonds is 6. The van der Waals surface area contributed by atoms with Crippen molar-refractivity contribution in [3.63, 3.8) is 0 Å². The first kappa shape index (κ1) is 20.0. The first-order chi connectivity index (χ1) is 12.4. The van der Waals surface area contributed by atoms with Crippen LogP contribution in [-0.4, -0.2) is 62.3 Å². The third-order valence-corrected chi connectivity index (χ3v) is 5.72. The smallest absolute Gasteiger partial charge is 0.410 e. The molecule has 144 valence electrons. The van der Waals surface area contributed by atoms with Gasteiger partial charge >= 0.3 is 12.2 Å². The topological polar surface area (TPSA) is 102 Å². The summed E-state index contributed by atoms with van der Waals surface area (Å²) >= 11 is 0. The van der Waals surface area contributed by atoms with E-state index in [1.54, 1.807) is 13.8 Å².